The number of nitrogens with one attached hydrogen (secondary N) is 1. The zero-order valence-electron chi connectivity index (χ0n) is 35.6. The molecular formula is C46H81N2O6P. The van der Waals surface area contributed by atoms with E-state index in [2.05, 4.69) is 92.1 Å². The number of carbonyl (C=O) groups excluding carboxylic acids is 1. The van der Waals surface area contributed by atoms with Crippen molar-refractivity contribution >= 4 is 13.7 Å². The van der Waals surface area contributed by atoms with Crippen molar-refractivity contribution in [2.24, 2.45) is 0 Å². The molecule has 0 aliphatic rings. The van der Waals surface area contributed by atoms with Crippen LogP contribution < -0.4 is 10.2 Å². The van der Waals surface area contributed by atoms with Crippen molar-refractivity contribution in [3.05, 3.63) is 85.1 Å². The van der Waals surface area contributed by atoms with Gasteiger partial charge < -0.3 is 28.8 Å². The third-order valence-electron chi connectivity index (χ3n) is 8.86. The van der Waals surface area contributed by atoms with E-state index >= 15 is 0 Å². The molecule has 3 atom stereocenters. The maximum Gasteiger partial charge on any atom is 0.268 e. The van der Waals surface area contributed by atoms with Crippen LogP contribution in [0.4, 0.5) is 0 Å². The average molecular weight is 789 g/mol. The summed E-state index contributed by atoms with van der Waals surface area (Å²) in [7, 11) is 1.22. The van der Waals surface area contributed by atoms with Crippen LogP contribution >= 0.6 is 7.82 Å². The van der Waals surface area contributed by atoms with Gasteiger partial charge in [0.15, 0.2) is 0 Å². The largest absolute Gasteiger partial charge is 0.756 e. The predicted octanol–water partition coefficient (Wildman–Crippen LogP) is 11.2. The van der Waals surface area contributed by atoms with Crippen molar-refractivity contribution in [2.75, 3.05) is 40.9 Å². The SMILES string of the molecule is CC/C=C\C/C=C\C/C=C\C/C=C\C/C=C\C/C=C\CCCCCCC(=O)NC(COP(=O)([O-])OCC[N+](C)(C)C)C(O)/C=C/CCCCCCCCCC. The highest BCUT2D eigenvalue weighted by atomic mass is 31.2. The van der Waals surface area contributed by atoms with E-state index < -0.39 is 26.6 Å². The molecule has 55 heavy (non-hydrogen) atoms. The number of aliphatic hydroxyl groups excluding tert-OH is 1. The number of phosphoric acid groups is 1. The van der Waals surface area contributed by atoms with Gasteiger partial charge in [0, 0.05) is 6.42 Å². The lowest BCUT2D eigenvalue weighted by atomic mass is 10.1. The highest BCUT2D eigenvalue weighted by molar-refractivity contribution is 7.45. The molecule has 0 fully saturated rings. The number of quaternary nitrogens is 1. The maximum absolute atomic E-state index is 12.8. The first-order valence-corrected chi connectivity index (χ1v) is 22.9. The normalized spacial score (nSPS) is 15.3. The topological polar surface area (TPSA) is 108 Å². The molecule has 0 aromatic heterocycles. The van der Waals surface area contributed by atoms with Crippen LogP contribution in [0.2, 0.25) is 0 Å². The monoisotopic (exact) mass is 789 g/mol. The average Bonchev–Trinajstić information content (AvgIpc) is 3.13. The molecule has 0 radical (unpaired) electrons. The van der Waals surface area contributed by atoms with Crippen LogP contribution in [-0.2, 0) is 18.4 Å². The lowest BCUT2D eigenvalue weighted by Gasteiger charge is -2.29. The number of aliphatic hydroxyl groups is 1. The van der Waals surface area contributed by atoms with Gasteiger partial charge in [-0.05, 0) is 70.6 Å². The molecule has 0 aliphatic carbocycles. The first-order chi connectivity index (χ1) is 26.5. The summed E-state index contributed by atoms with van der Waals surface area (Å²) in [4.78, 5) is 25.2. The minimum absolute atomic E-state index is 0.0115. The van der Waals surface area contributed by atoms with Gasteiger partial charge in [-0.1, -0.05) is 157 Å². The first kappa shape index (κ1) is 52.7. The molecule has 8 nitrogen and oxygen atoms in total. The molecule has 0 spiro atoms. The van der Waals surface area contributed by atoms with Crippen LogP contribution in [0.25, 0.3) is 0 Å². The lowest BCUT2D eigenvalue weighted by molar-refractivity contribution is -0.870. The number of rotatable bonds is 37. The molecule has 0 saturated carbocycles. The van der Waals surface area contributed by atoms with Crippen molar-refractivity contribution in [1.82, 2.24) is 5.32 Å². The minimum Gasteiger partial charge on any atom is -0.756 e. The zero-order chi connectivity index (χ0) is 40.7. The molecule has 0 saturated heterocycles. The van der Waals surface area contributed by atoms with E-state index in [4.69, 9.17) is 9.05 Å². The van der Waals surface area contributed by atoms with E-state index in [1.807, 2.05) is 27.2 Å². The van der Waals surface area contributed by atoms with Gasteiger partial charge in [0.05, 0.1) is 39.9 Å². The molecule has 0 aliphatic heterocycles. The molecule has 0 aromatic rings. The van der Waals surface area contributed by atoms with Crippen molar-refractivity contribution in [3.8, 4) is 0 Å². The van der Waals surface area contributed by atoms with E-state index in [1.165, 1.54) is 38.5 Å². The Kier molecular flexibility index (Phi) is 35.7. The molecule has 316 valence electrons. The lowest BCUT2D eigenvalue weighted by Crippen LogP contribution is -2.45. The van der Waals surface area contributed by atoms with Gasteiger partial charge in [-0.15, -0.1) is 0 Å². The van der Waals surface area contributed by atoms with Gasteiger partial charge >= 0.3 is 0 Å². The van der Waals surface area contributed by atoms with Crippen LogP contribution in [0, 0.1) is 0 Å². The fourth-order valence-electron chi connectivity index (χ4n) is 5.45. The summed E-state index contributed by atoms with van der Waals surface area (Å²) in [6.07, 6.45) is 50.6. The fraction of sp³-hybridized carbons (Fsp3) is 0.674. The van der Waals surface area contributed by atoms with E-state index in [1.54, 1.807) is 6.08 Å². The molecule has 2 N–H and O–H groups in total. The van der Waals surface area contributed by atoms with Gasteiger partial charge in [0.1, 0.15) is 13.2 Å². The summed E-state index contributed by atoms with van der Waals surface area (Å²) in [6, 6.07) is -0.903. The number of amides is 1. The molecule has 0 aromatic carbocycles. The van der Waals surface area contributed by atoms with Crippen molar-refractivity contribution in [1.29, 1.82) is 0 Å². The Hall–Kier alpha value is -2.32. The van der Waals surface area contributed by atoms with Crippen molar-refractivity contribution < 1.29 is 32.9 Å². The Balaban J connectivity index is 4.43. The predicted molar refractivity (Wildman–Crippen MR) is 233 cm³/mol. The van der Waals surface area contributed by atoms with Crippen molar-refractivity contribution in [3.63, 3.8) is 0 Å². The van der Waals surface area contributed by atoms with Gasteiger partial charge in [-0.2, -0.15) is 0 Å². The van der Waals surface area contributed by atoms with Crippen molar-refractivity contribution in [2.45, 2.75) is 161 Å². The first-order valence-electron chi connectivity index (χ1n) is 21.4. The van der Waals surface area contributed by atoms with E-state index in [9.17, 15) is 19.4 Å². The Morgan fingerprint density at radius 1 is 0.655 bits per heavy atom. The minimum atomic E-state index is -4.59. The van der Waals surface area contributed by atoms with Gasteiger partial charge in [0.2, 0.25) is 5.91 Å². The fourth-order valence-corrected chi connectivity index (χ4v) is 6.17. The number of unbranched alkanes of at least 4 members (excludes halogenated alkanes) is 12. The second kappa shape index (κ2) is 37.3. The molecule has 0 bridgehead atoms. The van der Waals surface area contributed by atoms with Crippen LogP contribution in [0.3, 0.4) is 0 Å². The molecular weight excluding hydrogens is 707 g/mol. The Bertz CT molecular complexity index is 1170. The van der Waals surface area contributed by atoms with E-state index in [-0.39, 0.29) is 12.5 Å². The van der Waals surface area contributed by atoms with Gasteiger partial charge in [0.25, 0.3) is 7.82 Å². The summed E-state index contributed by atoms with van der Waals surface area (Å²) in [5, 5.41) is 13.7. The Morgan fingerprint density at radius 2 is 1.11 bits per heavy atom. The number of phosphoric ester groups is 1. The second-order valence-electron chi connectivity index (χ2n) is 15.3. The molecule has 1 amide bonds. The van der Waals surface area contributed by atoms with Crippen LogP contribution in [-0.4, -0.2) is 68.5 Å². The third-order valence-corrected chi connectivity index (χ3v) is 9.83. The van der Waals surface area contributed by atoms with E-state index in [0.29, 0.717) is 17.4 Å². The number of allylic oxidation sites excluding steroid dienone is 13. The number of carbonyl (C=O) groups is 1. The number of likely N-dealkylation sites (N-methyl/N-ethyl adjacent to an activating group) is 1. The Morgan fingerprint density at radius 3 is 1.62 bits per heavy atom. The summed E-state index contributed by atoms with van der Waals surface area (Å²) in [5.41, 5.74) is 0. The van der Waals surface area contributed by atoms with Crippen LogP contribution in [0.1, 0.15) is 149 Å². The summed E-state index contributed by atoms with van der Waals surface area (Å²) in [5.74, 6) is -0.229. The second-order valence-corrected chi connectivity index (χ2v) is 16.7. The number of hydrogen-bond acceptors (Lipinski definition) is 6. The quantitative estimate of drug-likeness (QED) is 0.0281. The molecule has 0 rings (SSSR count). The summed E-state index contributed by atoms with van der Waals surface area (Å²) in [6.45, 7) is 4.45. The molecule has 0 heterocycles. The maximum atomic E-state index is 12.8. The molecule has 9 heteroatoms. The highest BCUT2D eigenvalue weighted by Crippen LogP contribution is 2.38. The van der Waals surface area contributed by atoms with Gasteiger partial charge in [-0.25, -0.2) is 0 Å². The standard InChI is InChI=1S/C46H81N2O6P/c1-6-8-10-12-14-16-18-19-20-21-22-23-24-25-26-27-28-29-30-32-34-36-38-40-46(50)47-44(43-54-55(51,52)53-42-41-48(3,4)5)45(49)39-37-35-33-31-17-15-13-11-9-7-2/h8,10,14,16,19-20,22-23,25-26,28-29,37,39,44-45,49H,6-7,9,11-13,15,17-18,21,24,27,30-36,38,40-43H2,1-5H3,(H-,47,50,51,52)/b10-8-,16-14-,20-19-,23-22-,26-25-,29-28-,39-37+. The van der Waals surface area contributed by atoms with Crippen LogP contribution in [0.15, 0.2) is 85.1 Å². The van der Waals surface area contributed by atoms with Gasteiger partial charge in [-0.3, -0.25) is 9.36 Å². The Labute approximate surface area is 337 Å². The smallest absolute Gasteiger partial charge is 0.268 e. The highest BCUT2D eigenvalue weighted by Gasteiger charge is 2.23. The summed E-state index contributed by atoms with van der Waals surface area (Å²) >= 11 is 0. The summed E-state index contributed by atoms with van der Waals surface area (Å²) < 4.78 is 23.1. The number of hydrogen-bond donors (Lipinski definition) is 2. The van der Waals surface area contributed by atoms with E-state index in [0.717, 1.165) is 89.9 Å². The number of nitrogens with zero attached hydrogens (tertiary/aromatic N) is 1. The molecule has 3 unspecified atom stereocenters. The zero-order valence-corrected chi connectivity index (χ0v) is 36.5. The third kappa shape index (κ3) is 39.7. The van der Waals surface area contributed by atoms with Crippen LogP contribution in [0.5, 0.6) is 0 Å².